The van der Waals surface area contributed by atoms with E-state index in [2.05, 4.69) is 5.32 Å². The second-order valence-corrected chi connectivity index (χ2v) is 8.22. The van der Waals surface area contributed by atoms with Crippen LogP contribution in [0.4, 0.5) is 0 Å². The summed E-state index contributed by atoms with van der Waals surface area (Å²) in [6.45, 7) is -2.39. The van der Waals surface area contributed by atoms with Crippen molar-refractivity contribution in [3.8, 4) is 0 Å². The molecule has 6 unspecified atom stereocenters. The van der Waals surface area contributed by atoms with Crippen molar-refractivity contribution in [1.82, 2.24) is 5.32 Å². The zero-order valence-electron chi connectivity index (χ0n) is 17.9. The largest absolute Gasteiger partial charge is 0.394 e. The van der Waals surface area contributed by atoms with E-state index in [-0.39, 0.29) is 11.9 Å². The Labute approximate surface area is 193 Å². The van der Waals surface area contributed by atoms with Crippen LogP contribution in [-0.4, -0.2) is 162 Å². The first-order valence-electron chi connectivity index (χ1n) is 10.5. The summed E-state index contributed by atoms with van der Waals surface area (Å²) in [5.41, 5.74) is -0.0209. The van der Waals surface area contributed by atoms with Crippen LogP contribution in [0.15, 0.2) is 11.6 Å². The fraction of sp³-hybridized carbons (Fsp3) is 0.842. The Morgan fingerprint density at radius 1 is 1.00 bits per heavy atom. The number of rotatable bonds is 11. The molecule has 0 aromatic rings. The summed E-state index contributed by atoms with van der Waals surface area (Å²) in [5, 5.41) is 112. The molecule has 0 aromatic heterocycles. The molecule has 2 aliphatic rings. The van der Waals surface area contributed by atoms with Crippen molar-refractivity contribution >= 4 is 6.29 Å². The average molecular weight is 499 g/mol. The standard InChI is InChI=1S/C19H33NO14/c21-2-6-1-7(13(28)16(31)12(6)27)20-11-10(5-24)33-19(17(32)15(11)30)34-18(9(26)4-23)14(29)8(25)3-22/h1,3,7-21,23-32H,2,4-5H2/t7?,8-,9?,10+,11?,12+,13-,14+,15-,16?,17?,18+,19?/m0/s1. The lowest BCUT2D eigenvalue weighted by molar-refractivity contribution is -0.312. The molecule has 2 rings (SSSR count). The molecule has 0 aromatic carbocycles. The highest BCUT2D eigenvalue weighted by Gasteiger charge is 2.49. The van der Waals surface area contributed by atoms with E-state index in [1.807, 2.05) is 0 Å². The Balaban J connectivity index is 2.21. The number of aldehydes is 1. The maximum absolute atomic E-state index is 10.8. The van der Waals surface area contributed by atoms with E-state index in [0.29, 0.717) is 0 Å². The van der Waals surface area contributed by atoms with E-state index in [1.165, 1.54) is 6.08 Å². The van der Waals surface area contributed by atoms with E-state index < -0.39 is 99.2 Å². The van der Waals surface area contributed by atoms with Crippen molar-refractivity contribution in [3.63, 3.8) is 0 Å². The Morgan fingerprint density at radius 2 is 1.65 bits per heavy atom. The molecule has 1 fully saturated rings. The molecule has 13 atom stereocenters. The first kappa shape index (κ1) is 29.1. The minimum atomic E-state index is -2.05. The number of aliphatic hydroxyl groups excluding tert-OH is 11. The minimum absolute atomic E-state index is 0.0209. The average Bonchev–Trinajstić information content (AvgIpc) is 2.84. The van der Waals surface area contributed by atoms with Crippen LogP contribution in [0.5, 0.6) is 0 Å². The van der Waals surface area contributed by atoms with Crippen molar-refractivity contribution in [3.05, 3.63) is 11.6 Å². The third-order valence-electron chi connectivity index (χ3n) is 5.95. The molecule has 198 valence electrons. The number of hydrogen-bond donors (Lipinski definition) is 12. The number of carbonyl (C=O) groups excluding carboxylic acids is 1. The Kier molecular flexibility index (Phi) is 10.9. The van der Waals surface area contributed by atoms with Gasteiger partial charge in [-0.05, 0) is 5.57 Å². The molecule has 0 radical (unpaired) electrons. The lowest BCUT2D eigenvalue weighted by Crippen LogP contribution is -2.68. The predicted octanol–water partition coefficient (Wildman–Crippen LogP) is -7.57. The molecule has 15 nitrogen and oxygen atoms in total. The van der Waals surface area contributed by atoms with E-state index in [4.69, 9.17) is 9.47 Å². The van der Waals surface area contributed by atoms with Crippen molar-refractivity contribution in [2.24, 2.45) is 0 Å². The molecular weight excluding hydrogens is 466 g/mol. The summed E-state index contributed by atoms with van der Waals surface area (Å²) < 4.78 is 10.7. The van der Waals surface area contributed by atoms with Crippen LogP contribution in [0.1, 0.15) is 0 Å². The topological polar surface area (TPSA) is 270 Å². The van der Waals surface area contributed by atoms with Gasteiger partial charge in [0.05, 0.1) is 31.9 Å². The summed E-state index contributed by atoms with van der Waals surface area (Å²) in [6, 6.07) is -2.46. The van der Waals surface area contributed by atoms with Crippen molar-refractivity contribution in [2.75, 3.05) is 19.8 Å². The summed E-state index contributed by atoms with van der Waals surface area (Å²) in [7, 11) is 0. The third-order valence-corrected chi connectivity index (χ3v) is 5.95. The molecule has 12 N–H and O–H groups in total. The van der Waals surface area contributed by atoms with Gasteiger partial charge in [-0.25, -0.2) is 0 Å². The molecule has 0 spiro atoms. The zero-order chi connectivity index (χ0) is 25.7. The molecule has 0 saturated carbocycles. The fourth-order valence-corrected chi connectivity index (χ4v) is 3.90. The smallest absolute Gasteiger partial charge is 0.187 e. The minimum Gasteiger partial charge on any atom is -0.394 e. The van der Waals surface area contributed by atoms with Crippen LogP contribution in [0.3, 0.4) is 0 Å². The van der Waals surface area contributed by atoms with E-state index in [1.54, 1.807) is 0 Å². The predicted molar refractivity (Wildman–Crippen MR) is 108 cm³/mol. The highest BCUT2D eigenvalue weighted by Crippen LogP contribution is 2.27. The van der Waals surface area contributed by atoms with Gasteiger partial charge in [-0.3, -0.25) is 0 Å². The van der Waals surface area contributed by atoms with Crippen LogP contribution in [0.25, 0.3) is 0 Å². The highest BCUT2D eigenvalue weighted by molar-refractivity contribution is 5.56. The van der Waals surface area contributed by atoms with E-state index in [9.17, 15) is 61.0 Å². The van der Waals surface area contributed by atoms with Crippen molar-refractivity contribution < 1.29 is 70.4 Å². The Bertz CT molecular complexity index is 679. The van der Waals surface area contributed by atoms with Crippen LogP contribution < -0.4 is 5.32 Å². The molecule has 1 saturated heterocycles. The van der Waals surface area contributed by atoms with Crippen molar-refractivity contribution in [1.29, 1.82) is 0 Å². The SMILES string of the molecule is O=C[C@H](O)[C@@H](O)[C@H](OC1O[C@H](CO)C(NC2C=C(CO)[C@@H](O)C(O)[C@H]2O)[C@H](O)C1O)C(O)CO. The third kappa shape index (κ3) is 6.15. The Morgan fingerprint density at radius 3 is 2.18 bits per heavy atom. The van der Waals surface area contributed by atoms with Gasteiger partial charge < -0.3 is 75.8 Å². The first-order valence-corrected chi connectivity index (χ1v) is 10.5. The van der Waals surface area contributed by atoms with Gasteiger partial charge in [0.15, 0.2) is 12.6 Å². The number of nitrogens with one attached hydrogen (secondary N) is 1. The molecule has 15 heteroatoms. The number of aliphatic hydroxyl groups is 11. The molecule has 34 heavy (non-hydrogen) atoms. The fourth-order valence-electron chi connectivity index (χ4n) is 3.90. The van der Waals surface area contributed by atoms with Gasteiger partial charge in [0, 0.05) is 0 Å². The summed E-state index contributed by atoms with van der Waals surface area (Å²) >= 11 is 0. The second kappa shape index (κ2) is 12.7. The molecule has 1 aliphatic heterocycles. The van der Waals surface area contributed by atoms with E-state index in [0.717, 1.165) is 0 Å². The molecule has 1 heterocycles. The van der Waals surface area contributed by atoms with Gasteiger partial charge >= 0.3 is 0 Å². The van der Waals surface area contributed by atoms with Crippen LogP contribution in [0.2, 0.25) is 0 Å². The number of ether oxygens (including phenoxy) is 2. The van der Waals surface area contributed by atoms with Gasteiger partial charge in [-0.15, -0.1) is 0 Å². The van der Waals surface area contributed by atoms with Crippen LogP contribution >= 0.6 is 0 Å². The number of carbonyl (C=O) groups is 1. The second-order valence-electron chi connectivity index (χ2n) is 8.22. The maximum Gasteiger partial charge on any atom is 0.187 e. The monoisotopic (exact) mass is 499 g/mol. The van der Waals surface area contributed by atoms with Gasteiger partial charge in [0.2, 0.25) is 0 Å². The van der Waals surface area contributed by atoms with Gasteiger partial charge in [0.25, 0.3) is 0 Å². The lowest BCUT2D eigenvalue weighted by Gasteiger charge is -2.46. The van der Waals surface area contributed by atoms with Gasteiger partial charge in [-0.2, -0.15) is 0 Å². The van der Waals surface area contributed by atoms with Gasteiger partial charge in [-0.1, -0.05) is 6.08 Å². The molecule has 0 bridgehead atoms. The van der Waals surface area contributed by atoms with Crippen LogP contribution in [-0.2, 0) is 14.3 Å². The molecular formula is C19H33NO14. The first-order chi connectivity index (χ1) is 16.0. The summed E-state index contributed by atoms with van der Waals surface area (Å²) in [5.74, 6) is 0. The lowest BCUT2D eigenvalue weighted by atomic mass is 9.86. The van der Waals surface area contributed by atoms with Crippen molar-refractivity contribution in [2.45, 2.75) is 79.4 Å². The Hall–Kier alpha value is -1.15. The number of hydrogen-bond acceptors (Lipinski definition) is 15. The molecule has 0 amide bonds. The summed E-state index contributed by atoms with van der Waals surface area (Å²) in [4.78, 5) is 10.8. The van der Waals surface area contributed by atoms with Gasteiger partial charge in [0.1, 0.15) is 61.0 Å². The maximum atomic E-state index is 10.8. The summed E-state index contributed by atoms with van der Waals surface area (Å²) in [6.07, 6.45) is -18.3. The molecule has 1 aliphatic carbocycles. The normalized spacial score (nSPS) is 40.2. The van der Waals surface area contributed by atoms with Crippen LogP contribution in [0, 0.1) is 0 Å². The highest BCUT2D eigenvalue weighted by atomic mass is 16.7. The zero-order valence-corrected chi connectivity index (χ0v) is 17.9. The quantitative estimate of drug-likeness (QED) is 0.0929. The van der Waals surface area contributed by atoms with E-state index >= 15 is 0 Å².